The lowest BCUT2D eigenvalue weighted by Crippen LogP contribution is -2.47. The Kier molecular flexibility index (Phi) is 5.61. The van der Waals surface area contributed by atoms with E-state index in [-0.39, 0.29) is 5.91 Å². The van der Waals surface area contributed by atoms with E-state index in [2.05, 4.69) is 13.0 Å². The Bertz CT molecular complexity index is 902. The van der Waals surface area contributed by atoms with Crippen LogP contribution in [0.3, 0.4) is 0 Å². The number of ether oxygens (including phenoxy) is 3. The molecule has 0 saturated carbocycles. The molecule has 2 aromatic rings. The van der Waals surface area contributed by atoms with Gasteiger partial charge in [-0.2, -0.15) is 0 Å². The molecule has 5 nitrogen and oxygen atoms in total. The van der Waals surface area contributed by atoms with Gasteiger partial charge in [-0.15, -0.1) is 0 Å². The highest BCUT2D eigenvalue weighted by Gasteiger charge is 2.55. The number of anilines is 1. The van der Waals surface area contributed by atoms with Crippen molar-refractivity contribution in [2.75, 3.05) is 24.7 Å². The van der Waals surface area contributed by atoms with Crippen molar-refractivity contribution in [2.45, 2.75) is 52.4 Å². The van der Waals surface area contributed by atoms with Crippen molar-refractivity contribution in [1.82, 2.24) is 0 Å². The largest absolute Gasteiger partial charge is 0.493 e. The first-order valence-corrected chi connectivity index (χ1v) is 10.5. The first-order valence-electron chi connectivity index (χ1n) is 10.5. The average Bonchev–Trinajstić information content (AvgIpc) is 2.93. The van der Waals surface area contributed by atoms with Crippen LogP contribution in [0.25, 0.3) is 0 Å². The van der Waals surface area contributed by atoms with Gasteiger partial charge in [-0.25, -0.2) is 0 Å². The minimum Gasteiger partial charge on any atom is -0.493 e. The summed E-state index contributed by atoms with van der Waals surface area (Å²) < 4.78 is 18.0. The van der Waals surface area contributed by atoms with Gasteiger partial charge in [0.05, 0.1) is 32.1 Å². The van der Waals surface area contributed by atoms with Crippen molar-refractivity contribution >= 4 is 11.6 Å². The fourth-order valence-electron chi connectivity index (χ4n) is 4.20. The van der Waals surface area contributed by atoms with E-state index in [1.807, 2.05) is 44.2 Å². The lowest BCUT2D eigenvalue weighted by atomic mass is 10.00. The van der Waals surface area contributed by atoms with Crippen molar-refractivity contribution < 1.29 is 19.0 Å². The Balaban J connectivity index is 1.72. The second-order valence-electron chi connectivity index (χ2n) is 7.85. The number of hydrogen-bond donors (Lipinski definition) is 0. The van der Waals surface area contributed by atoms with Crippen LogP contribution in [0.15, 0.2) is 36.4 Å². The standard InChI is InChI=1S/C24H29NO4/c1-4-5-11-27-21-10-7-6-9-19(21)16-25-22-18(3)14-17(2)15-20(22)24(23(25)26)28-12-8-13-29-24/h6-7,9-10,14-15H,4-5,8,11-13,16H2,1-3H3. The number of carbonyl (C=O) groups is 1. The molecule has 0 atom stereocenters. The molecule has 1 amide bonds. The molecule has 0 N–H and O–H groups in total. The number of benzene rings is 2. The number of amides is 1. The maximum atomic E-state index is 13.6. The van der Waals surface area contributed by atoms with E-state index in [9.17, 15) is 4.79 Å². The Morgan fingerprint density at radius 1 is 1.14 bits per heavy atom. The molecule has 2 aromatic carbocycles. The van der Waals surface area contributed by atoms with Crippen LogP contribution in [0.2, 0.25) is 0 Å². The predicted molar refractivity (Wildman–Crippen MR) is 112 cm³/mol. The predicted octanol–water partition coefficient (Wildman–Crippen LogP) is 4.62. The van der Waals surface area contributed by atoms with Crippen molar-refractivity contribution in [3.8, 4) is 5.75 Å². The van der Waals surface area contributed by atoms with Gasteiger partial charge in [0, 0.05) is 11.1 Å². The highest BCUT2D eigenvalue weighted by atomic mass is 16.7. The molecule has 0 bridgehead atoms. The van der Waals surface area contributed by atoms with Gasteiger partial charge in [-0.3, -0.25) is 4.79 Å². The molecule has 29 heavy (non-hydrogen) atoms. The first kappa shape index (κ1) is 19.9. The molecule has 0 aromatic heterocycles. The molecule has 1 saturated heterocycles. The summed E-state index contributed by atoms with van der Waals surface area (Å²) in [6.07, 6.45) is 2.88. The fourth-order valence-corrected chi connectivity index (χ4v) is 4.20. The quantitative estimate of drug-likeness (QED) is 0.670. The molecular weight excluding hydrogens is 366 g/mol. The van der Waals surface area contributed by atoms with E-state index in [0.717, 1.165) is 53.0 Å². The zero-order chi connectivity index (χ0) is 20.4. The van der Waals surface area contributed by atoms with Crippen LogP contribution in [-0.4, -0.2) is 25.7 Å². The molecule has 1 fully saturated rings. The Hall–Kier alpha value is -2.37. The van der Waals surface area contributed by atoms with Gasteiger partial charge in [-0.1, -0.05) is 43.2 Å². The van der Waals surface area contributed by atoms with Crippen LogP contribution >= 0.6 is 0 Å². The zero-order valence-corrected chi connectivity index (χ0v) is 17.5. The van der Waals surface area contributed by atoms with Gasteiger partial charge in [0.1, 0.15) is 5.75 Å². The molecular formula is C24H29NO4. The summed E-state index contributed by atoms with van der Waals surface area (Å²) in [6.45, 7) is 8.35. The molecule has 0 aliphatic carbocycles. The maximum absolute atomic E-state index is 13.6. The van der Waals surface area contributed by atoms with E-state index >= 15 is 0 Å². The number of hydrogen-bond acceptors (Lipinski definition) is 4. The lowest BCUT2D eigenvalue weighted by molar-refractivity contribution is -0.256. The van der Waals surface area contributed by atoms with Crippen LogP contribution < -0.4 is 9.64 Å². The van der Waals surface area contributed by atoms with E-state index < -0.39 is 5.79 Å². The van der Waals surface area contributed by atoms with Crippen LogP contribution in [0.4, 0.5) is 5.69 Å². The minimum absolute atomic E-state index is 0.149. The second kappa shape index (κ2) is 8.17. The topological polar surface area (TPSA) is 48.0 Å². The van der Waals surface area contributed by atoms with Crippen LogP contribution in [0, 0.1) is 13.8 Å². The second-order valence-corrected chi connectivity index (χ2v) is 7.85. The number of rotatable bonds is 6. The van der Waals surface area contributed by atoms with E-state index in [1.54, 1.807) is 4.90 Å². The van der Waals surface area contributed by atoms with Crippen molar-refractivity contribution in [1.29, 1.82) is 0 Å². The third-order valence-corrected chi connectivity index (χ3v) is 5.55. The number of para-hydroxylation sites is 1. The summed E-state index contributed by atoms with van der Waals surface area (Å²) in [5.74, 6) is -0.640. The molecule has 0 unspecified atom stereocenters. The van der Waals surface area contributed by atoms with Crippen molar-refractivity contribution in [3.63, 3.8) is 0 Å². The van der Waals surface area contributed by atoms with Gasteiger partial charge in [0.2, 0.25) is 0 Å². The molecule has 154 valence electrons. The summed E-state index contributed by atoms with van der Waals surface area (Å²) in [5.41, 5.74) is 4.84. The van der Waals surface area contributed by atoms with Gasteiger partial charge < -0.3 is 19.1 Å². The third-order valence-electron chi connectivity index (χ3n) is 5.55. The van der Waals surface area contributed by atoms with E-state index in [4.69, 9.17) is 14.2 Å². The smallest absolute Gasteiger partial charge is 0.292 e. The van der Waals surface area contributed by atoms with Gasteiger partial charge >= 0.3 is 0 Å². The van der Waals surface area contributed by atoms with E-state index in [0.29, 0.717) is 26.4 Å². The SMILES string of the molecule is CCCCOc1ccccc1CN1C(=O)C2(OCCCO2)c2cc(C)cc(C)c21. The molecule has 2 aliphatic heterocycles. The molecule has 2 aliphatic rings. The summed E-state index contributed by atoms with van der Waals surface area (Å²) in [6, 6.07) is 12.1. The van der Waals surface area contributed by atoms with Crippen LogP contribution in [0.1, 0.15) is 48.4 Å². The number of carbonyl (C=O) groups excluding carboxylic acids is 1. The van der Waals surface area contributed by atoms with Gasteiger partial charge in [0.25, 0.3) is 11.7 Å². The Labute approximate surface area is 172 Å². The first-order chi connectivity index (χ1) is 14.1. The maximum Gasteiger partial charge on any atom is 0.292 e. The summed E-state index contributed by atoms with van der Waals surface area (Å²) in [7, 11) is 0. The Morgan fingerprint density at radius 2 is 1.90 bits per heavy atom. The molecule has 4 rings (SSSR count). The molecule has 2 heterocycles. The highest BCUT2D eigenvalue weighted by Crippen LogP contribution is 2.48. The van der Waals surface area contributed by atoms with Crippen molar-refractivity contribution in [3.05, 3.63) is 58.7 Å². The van der Waals surface area contributed by atoms with Gasteiger partial charge in [-0.05, 0) is 44.4 Å². The normalized spacial score (nSPS) is 17.6. The molecule has 0 radical (unpaired) electrons. The number of unbranched alkanes of at least 4 members (excludes halogenated alkanes) is 1. The number of nitrogens with zero attached hydrogens (tertiary/aromatic N) is 1. The molecule has 1 spiro atoms. The lowest BCUT2D eigenvalue weighted by Gasteiger charge is -2.32. The number of aryl methyl sites for hydroxylation is 2. The van der Waals surface area contributed by atoms with Gasteiger partial charge in [0.15, 0.2) is 0 Å². The zero-order valence-electron chi connectivity index (χ0n) is 17.5. The summed E-state index contributed by atoms with van der Waals surface area (Å²) in [4.78, 5) is 15.4. The average molecular weight is 395 g/mol. The summed E-state index contributed by atoms with van der Waals surface area (Å²) in [5, 5.41) is 0. The third kappa shape index (κ3) is 3.53. The minimum atomic E-state index is -1.32. The van der Waals surface area contributed by atoms with Crippen molar-refractivity contribution in [2.24, 2.45) is 0 Å². The monoisotopic (exact) mass is 395 g/mol. The Morgan fingerprint density at radius 3 is 2.66 bits per heavy atom. The van der Waals surface area contributed by atoms with Crippen LogP contribution in [0.5, 0.6) is 5.75 Å². The number of fused-ring (bicyclic) bond motifs is 2. The summed E-state index contributed by atoms with van der Waals surface area (Å²) >= 11 is 0. The molecule has 5 heteroatoms. The van der Waals surface area contributed by atoms with Crippen LogP contribution in [-0.2, 0) is 26.6 Å². The highest BCUT2D eigenvalue weighted by molar-refractivity contribution is 6.07. The van der Waals surface area contributed by atoms with E-state index in [1.165, 1.54) is 0 Å². The fraction of sp³-hybridized carbons (Fsp3) is 0.458.